The molecule has 0 bridgehead atoms. The van der Waals surface area contributed by atoms with Gasteiger partial charge in [-0.05, 0) is 64.1 Å². The Balaban J connectivity index is 3.10. The Morgan fingerprint density at radius 1 is 1.27 bits per heavy atom. The predicted octanol–water partition coefficient (Wildman–Crippen LogP) is 5.76. The highest BCUT2D eigenvalue weighted by molar-refractivity contribution is 6.74. The Kier molecular flexibility index (Phi) is 9.52. The van der Waals surface area contributed by atoms with E-state index in [1.54, 1.807) is 6.92 Å². The van der Waals surface area contributed by atoms with Crippen molar-refractivity contribution in [1.29, 1.82) is 0 Å². The van der Waals surface area contributed by atoms with Crippen LogP contribution in [0.15, 0.2) is 36.0 Å². The van der Waals surface area contributed by atoms with Gasteiger partial charge in [0.15, 0.2) is 8.32 Å². The van der Waals surface area contributed by atoms with Crippen molar-refractivity contribution >= 4 is 20.1 Å². The molecule has 0 fully saturated rings. The fraction of sp³-hybridized carbons (Fsp3) is 0.600. The van der Waals surface area contributed by atoms with E-state index in [1.807, 2.05) is 32.1 Å². The molecule has 0 aromatic heterocycles. The molecule has 30 heavy (non-hydrogen) atoms. The average Bonchev–Trinajstić information content (AvgIpc) is 2.94. The van der Waals surface area contributed by atoms with Crippen LogP contribution < -0.4 is 0 Å². The Morgan fingerprint density at radius 2 is 1.93 bits per heavy atom. The minimum absolute atomic E-state index is 0.0863. The van der Waals surface area contributed by atoms with Gasteiger partial charge in [-0.25, -0.2) is 4.79 Å². The van der Waals surface area contributed by atoms with E-state index in [1.165, 1.54) is 0 Å². The van der Waals surface area contributed by atoms with Gasteiger partial charge in [-0.1, -0.05) is 56.7 Å². The van der Waals surface area contributed by atoms with Crippen molar-refractivity contribution in [2.75, 3.05) is 6.61 Å². The second-order valence-electron chi connectivity index (χ2n) is 9.44. The summed E-state index contributed by atoms with van der Waals surface area (Å²) in [6.07, 6.45) is 12.2. The van der Waals surface area contributed by atoms with Crippen LogP contribution in [0.1, 0.15) is 60.8 Å². The van der Waals surface area contributed by atoms with Crippen LogP contribution in [0, 0.1) is 17.3 Å². The highest BCUT2D eigenvalue weighted by atomic mass is 28.4. The van der Waals surface area contributed by atoms with Crippen molar-refractivity contribution in [3.05, 3.63) is 36.0 Å². The fourth-order valence-electron chi connectivity index (χ4n) is 3.17. The Hall–Kier alpha value is -1.90. The predicted molar refractivity (Wildman–Crippen MR) is 125 cm³/mol. The van der Waals surface area contributed by atoms with E-state index in [9.17, 15) is 9.59 Å². The van der Waals surface area contributed by atoms with Crippen molar-refractivity contribution in [2.24, 2.45) is 5.41 Å². The Bertz CT molecular complexity index is 771. The van der Waals surface area contributed by atoms with E-state index in [-0.39, 0.29) is 23.5 Å². The minimum Gasteiger partial charge on any atom is -0.456 e. The van der Waals surface area contributed by atoms with Crippen molar-refractivity contribution in [1.82, 2.24) is 0 Å². The number of allylic oxidation sites excluding steroid dienone is 5. The quantitative estimate of drug-likeness (QED) is 0.0934. The van der Waals surface area contributed by atoms with Gasteiger partial charge < -0.3 is 9.16 Å². The summed E-state index contributed by atoms with van der Waals surface area (Å²) >= 11 is 0. The molecule has 0 amide bonds. The maximum absolute atomic E-state index is 13.0. The monoisotopic (exact) mass is 430 g/mol. The molecule has 5 heteroatoms. The third-order valence-corrected chi connectivity index (χ3v) is 10.5. The molecule has 1 rings (SSSR count). The summed E-state index contributed by atoms with van der Waals surface area (Å²) in [5.41, 5.74) is 0.292. The summed E-state index contributed by atoms with van der Waals surface area (Å²) in [6, 6.07) is 0. The third-order valence-electron chi connectivity index (χ3n) is 6.03. The standard InChI is InChI=1S/C25H38O4Si/c1-9-11-12-13-14-15-20-18-21(29-30(7,8)24(3,4)5)19-25(20,6)22(26)16-17-23(27)28-10-2/h9,11-13,18,21H,10,14-15,19H2,1-8H3/b11-9+,13-12-. The normalized spacial score (nSPS) is 22.1. The lowest BCUT2D eigenvalue weighted by molar-refractivity contribution is -0.136. The number of ketones is 1. The second-order valence-corrected chi connectivity index (χ2v) is 14.2. The number of ether oxygens (including phenoxy) is 1. The van der Waals surface area contributed by atoms with Crippen LogP contribution in [0.2, 0.25) is 18.1 Å². The summed E-state index contributed by atoms with van der Waals surface area (Å²) in [6.45, 7) is 16.9. The molecule has 0 heterocycles. The van der Waals surface area contributed by atoms with Crippen molar-refractivity contribution in [3.63, 3.8) is 0 Å². The van der Waals surface area contributed by atoms with Gasteiger partial charge in [-0.3, -0.25) is 4.79 Å². The molecular formula is C25H38O4Si. The van der Waals surface area contributed by atoms with E-state index in [0.717, 1.165) is 18.4 Å². The third kappa shape index (κ3) is 7.11. The first-order valence-electron chi connectivity index (χ1n) is 10.8. The van der Waals surface area contributed by atoms with Gasteiger partial charge in [-0.2, -0.15) is 0 Å². The van der Waals surface area contributed by atoms with E-state index in [0.29, 0.717) is 6.42 Å². The number of esters is 1. The molecule has 2 atom stereocenters. The topological polar surface area (TPSA) is 52.6 Å². The molecule has 0 radical (unpaired) electrons. The summed E-state index contributed by atoms with van der Waals surface area (Å²) in [4.78, 5) is 24.6. The van der Waals surface area contributed by atoms with E-state index in [2.05, 4.69) is 57.9 Å². The number of hydrogen-bond acceptors (Lipinski definition) is 4. The molecule has 166 valence electrons. The Morgan fingerprint density at radius 3 is 2.50 bits per heavy atom. The van der Waals surface area contributed by atoms with Gasteiger partial charge in [0.25, 0.3) is 0 Å². The van der Waals surface area contributed by atoms with Gasteiger partial charge in [0.2, 0.25) is 5.78 Å². The number of carbonyl (C=O) groups excluding carboxylic acids is 2. The molecule has 1 aliphatic carbocycles. The molecular weight excluding hydrogens is 392 g/mol. The first kappa shape index (κ1) is 26.1. The molecule has 0 aromatic carbocycles. The van der Waals surface area contributed by atoms with Gasteiger partial charge in [0.05, 0.1) is 18.1 Å². The molecule has 1 aliphatic rings. The minimum atomic E-state index is -1.98. The number of rotatable bonds is 8. The average molecular weight is 431 g/mol. The summed E-state index contributed by atoms with van der Waals surface area (Å²) in [5, 5.41) is 0.0863. The van der Waals surface area contributed by atoms with Gasteiger partial charge in [0.1, 0.15) is 0 Å². The zero-order valence-electron chi connectivity index (χ0n) is 19.9. The largest absolute Gasteiger partial charge is 0.456 e. The van der Waals surface area contributed by atoms with E-state index >= 15 is 0 Å². The molecule has 0 saturated heterocycles. The maximum atomic E-state index is 13.0. The molecule has 0 aliphatic heterocycles. The summed E-state index contributed by atoms with van der Waals surface area (Å²) in [5.74, 6) is 3.95. The number of hydrogen-bond donors (Lipinski definition) is 0. The zero-order chi connectivity index (χ0) is 23.0. The van der Waals surface area contributed by atoms with Crippen molar-refractivity contribution < 1.29 is 18.8 Å². The molecule has 4 nitrogen and oxygen atoms in total. The van der Waals surface area contributed by atoms with Gasteiger partial charge in [0, 0.05) is 5.92 Å². The van der Waals surface area contributed by atoms with Crippen LogP contribution in [0.4, 0.5) is 0 Å². The molecule has 2 unspecified atom stereocenters. The van der Waals surface area contributed by atoms with Gasteiger partial charge >= 0.3 is 5.97 Å². The van der Waals surface area contributed by atoms with E-state index in [4.69, 9.17) is 9.16 Å². The Labute approximate surface area is 183 Å². The highest BCUT2D eigenvalue weighted by Gasteiger charge is 2.46. The lowest BCUT2D eigenvalue weighted by atomic mass is 9.77. The zero-order valence-corrected chi connectivity index (χ0v) is 20.9. The van der Waals surface area contributed by atoms with Crippen molar-refractivity contribution in [3.8, 4) is 11.8 Å². The highest BCUT2D eigenvalue weighted by Crippen LogP contribution is 2.46. The lowest BCUT2D eigenvalue weighted by Gasteiger charge is -2.38. The number of Topliss-reactive ketones (excluding diaryl/α,β-unsaturated/α-hetero) is 1. The first-order chi connectivity index (χ1) is 13.9. The fourth-order valence-corrected chi connectivity index (χ4v) is 4.43. The van der Waals surface area contributed by atoms with Crippen LogP contribution in [-0.2, 0) is 18.8 Å². The summed E-state index contributed by atoms with van der Waals surface area (Å²) < 4.78 is 11.4. The van der Waals surface area contributed by atoms with Crippen molar-refractivity contribution in [2.45, 2.75) is 85.0 Å². The lowest BCUT2D eigenvalue weighted by Crippen LogP contribution is -2.43. The van der Waals surface area contributed by atoms with Crippen LogP contribution in [0.5, 0.6) is 0 Å². The van der Waals surface area contributed by atoms with Gasteiger partial charge in [-0.15, -0.1) is 0 Å². The van der Waals surface area contributed by atoms with E-state index < -0.39 is 19.7 Å². The SMILES string of the molecule is C/C=C/C=C\CCC1=CC(O[Si](C)(C)C(C)(C)C)CC1(C)C(=O)C#CC(=O)OCC. The summed E-state index contributed by atoms with van der Waals surface area (Å²) in [7, 11) is -1.98. The smallest absolute Gasteiger partial charge is 0.384 e. The number of carbonyl (C=O) groups is 2. The van der Waals surface area contributed by atoms with Crippen LogP contribution in [-0.4, -0.2) is 32.8 Å². The second kappa shape index (κ2) is 10.9. The molecule has 0 aromatic rings. The maximum Gasteiger partial charge on any atom is 0.384 e. The molecule has 0 saturated carbocycles. The molecule has 0 spiro atoms. The molecule has 0 N–H and O–H groups in total. The first-order valence-corrected chi connectivity index (χ1v) is 13.7. The van der Waals surface area contributed by atoms with Crippen LogP contribution >= 0.6 is 0 Å². The van der Waals surface area contributed by atoms with Crippen LogP contribution in [0.25, 0.3) is 0 Å². The van der Waals surface area contributed by atoms with Crippen LogP contribution in [0.3, 0.4) is 0 Å².